The molecule has 0 saturated carbocycles. The zero-order valence-corrected chi connectivity index (χ0v) is 12.0. The monoisotopic (exact) mass is 292 g/mol. The van der Waals surface area contributed by atoms with Gasteiger partial charge in [0.1, 0.15) is 0 Å². The summed E-state index contributed by atoms with van der Waals surface area (Å²) in [6.07, 6.45) is -2.69. The molecule has 0 atom stereocenters. The van der Waals surface area contributed by atoms with Gasteiger partial charge in [-0.15, -0.1) is 0 Å². The minimum absolute atomic E-state index is 0.0338. The van der Waals surface area contributed by atoms with Crippen molar-refractivity contribution in [2.45, 2.75) is 24.8 Å². The molecule has 0 unspecified atom stereocenters. The topological polar surface area (TPSA) is 49.4 Å². The normalized spacial score (nSPS) is 12.4. The van der Waals surface area contributed by atoms with Crippen molar-refractivity contribution < 1.29 is 17.2 Å². The maximum absolute atomic E-state index is 12.3. The molecule has 0 spiro atoms. The van der Waals surface area contributed by atoms with Gasteiger partial charge in [-0.25, -0.2) is 17.2 Å². The van der Waals surface area contributed by atoms with E-state index in [1.807, 2.05) is 6.92 Å². The maximum Gasteiger partial charge on any atom is 0.252 e. The average Bonchev–Trinajstić information content (AvgIpc) is 2.31. The lowest BCUT2D eigenvalue weighted by molar-refractivity contribution is 0.126. The SMILES string of the molecule is CNCc1cc(S(=O)(=O)N(C)CC(F)F)ccc1C. The standard InChI is InChI=1S/C12H18F2N2O2S/c1-9-4-5-11(6-10(9)7-15-2)19(17,18)16(3)8-12(13)14/h4-6,12,15H,7-8H2,1-3H3. The first-order valence-electron chi connectivity index (χ1n) is 5.77. The van der Waals surface area contributed by atoms with E-state index in [1.165, 1.54) is 12.1 Å². The number of aryl methyl sites for hydroxylation is 1. The number of hydrogen-bond donors (Lipinski definition) is 1. The third-order valence-electron chi connectivity index (χ3n) is 2.79. The van der Waals surface area contributed by atoms with Crippen molar-refractivity contribution in [2.75, 3.05) is 20.6 Å². The molecule has 0 radical (unpaired) electrons. The van der Waals surface area contributed by atoms with Gasteiger partial charge in [-0.2, -0.15) is 4.31 Å². The molecule has 1 rings (SSSR count). The van der Waals surface area contributed by atoms with E-state index in [0.717, 1.165) is 18.2 Å². The predicted octanol–water partition coefficient (Wildman–Crippen LogP) is 1.60. The van der Waals surface area contributed by atoms with Crippen molar-refractivity contribution in [3.05, 3.63) is 29.3 Å². The van der Waals surface area contributed by atoms with Crippen LogP contribution in [0.15, 0.2) is 23.1 Å². The van der Waals surface area contributed by atoms with E-state index < -0.39 is 23.0 Å². The third-order valence-corrected chi connectivity index (χ3v) is 4.61. The number of benzene rings is 1. The smallest absolute Gasteiger partial charge is 0.252 e. The summed E-state index contributed by atoms with van der Waals surface area (Å²) in [5, 5.41) is 2.94. The van der Waals surface area contributed by atoms with Crippen LogP contribution in [0.1, 0.15) is 11.1 Å². The number of nitrogens with zero attached hydrogens (tertiary/aromatic N) is 1. The second-order valence-electron chi connectivity index (χ2n) is 4.30. The minimum Gasteiger partial charge on any atom is -0.316 e. The molecule has 1 N–H and O–H groups in total. The number of rotatable bonds is 6. The Labute approximate surface area is 112 Å². The number of hydrogen-bond acceptors (Lipinski definition) is 3. The lowest BCUT2D eigenvalue weighted by Crippen LogP contribution is -2.31. The van der Waals surface area contributed by atoms with Crippen molar-refractivity contribution in [1.29, 1.82) is 0 Å². The number of sulfonamides is 1. The van der Waals surface area contributed by atoms with Crippen LogP contribution in [-0.4, -0.2) is 39.8 Å². The summed E-state index contributed by atoms with van der Waals surface area (Å²) < 4.78 is 49.4. The molecule has 4 nitrogen and oxygen atoms in total. The zero-order chi connectivity index (χ0) is 14.6. The van der Waals surface area contributed by atoms with E-state index in [1.54, 1.807) is 13.1 Å². The molecule has 0 fully saturated rings. The van der Waals surface area contributed by atoms with Crippen LogP contribution in [0, 0.1) is 6.92 Å². The second-order valence-corrected chi connectivity index (χ2v) is 6.34. The van der Waals surface area contributed by atoms with E-state index >= 15 is 0 Å². The van der Waals surface area contributed by atoms with Crippen molar-refractivity contribution in [3.63, 3.8) is 0 Å². The minimum atomic E-state index is -3.87. The molecule has 0 aliphatic heterocycles. The molecule has 7 heteroatoms. The zero-order valence-electron chi connectivity index (χ0n) is 11.2. The molecule has 0 heterocycles. The van der Waals surface area contributed by atoms with Crippen LogP contribution in [0.25, 0.3) is 0 Å². The van der Waals surface area contributed by atoms with Gasteiger partial charge in [-0.1, -0.05) is 6.07 Å². The molecule has 108 valence electrons. The summed E-state index contributed by atoms with van der Waals surface area (Å²) in [7, 11) is -0.961. The fraction of sp³-hybridized carbons (Fsp3) is 0.500. The average molecular weight is 292 g/mol. The quantitative estimate of drug-likeness (QED) is 0.866. The first kappa shape index (κ1) is 16.0. The Kier molecular flexibility index (Phi) is 5.39. The van der Waals surface area contributed by atoms with Crippen molar-refractivity contribution in [1.82, 2.24) is 9.62 Å². The van der Waals surface area contributed by atoms with E-state index in [2.05, 4.69) is 5.32 Å². The molecule has 0 bridgehead atoms. The molecule has 1 aromatic carbocycles. The highest BCUT2D eigenvalue weighted by Gasteiger charge is 2.24. The summed E-state index contributed by atoms with van der Waals surface area (Å²) in [5.74, 6) is 0. The van der Waals surface area contributed by atoms with E-state index in [4.69, 9.17) is 0 Å². The summed E-state index contributed by atoms with van der Waals surface area (Å²) >= 11 is 0. The van der Waals surface area contributed by atoms with Crippen LogP contribution in [0.5, 0.6) is 0 Å². The third kappa shape index (κ3) is 3.95. The first-order chi connectivity index (χ1) is 8.78. The van der Waals surface area contributed by atoms with Gasteiger partial charge in [0, 0.05) is 13.6 Å². The highest BCUT2D eigenvalue weighted by Crippen LogP contribution is 2.19. The van der Waals surface area contributed by atoms with Gasteiger partial charge in [0.25, 0.3) is 6.43 Å². The fourth-order valence-corrected chi connectivity index (χ4v) is 2.86. The molecular weight excluding hydrogens is 274 g/mol. The largest absolute Gasteiger partial charge is 0.316 e. The van der Waals surface area contributed by atoms with Gasteiger partial charge >= 0.3 is 0 Å². The van der Waals surface area contributed by atoms with Gasteiger partial charge in [-0.05, 0) is 37.2 Å². The van der Waals surface area contributed by atoms with Crippen LogP contribution in [0.2, 0.25) is 0 Å². The van der Waals surface area contributed by atoms with Gasteiger partial charge in [0.05, 0.1) is 11.4 Å². The molecular formula is C12H18F2N2O2S. The highest BCUT2D eigenvalue weighted by molar-refractivity contribution is 7.89. The molecule has 0 aliphatic carbocycles. The fourth-order valence-electron chi connectivity index (χ4n) is 1.66. The lowest BCUT2D eigenvalue weighted by atomic mass is 10.1. The number of halogens is 2. The lowest BCUT2D eigenvalue weighted by Gasteiger charge is -2.17. The Morgan fingerprint density at radius 2 is 2.00 bits per heavy atom. The number of alkyl halides is 2. The first-order valence-corrected chi connectivity index (χ1v) is 7.21. The van der Waals surface area contributed by atoms with E-state index in [0.29, 0.717) is 10.8 Å². The second kappa shape index (κ2) is 6.40. The Bertz CT molecular complexity index is 533. The predicted molar refractivity (Wildman–Crippen MR) is 69.8 cm³/mol. The van der Waals surface area contributed by atoms with Gasteiger partial charge < -0.3 is 5.32 Å². The summed E-state index contributed by atoms with van der Waals surface area (Å²) in [6.45, 7) is 1.58. The Balaban J connectivity index is 3.11. The van der Waals surface area contributed by atoms with Crippen molar-refractivity contribution >= 4 is 10.0 Å². The van der Waals surface area contributed by atoms with Crippen LogP contribution in [0.4, 0.5) is 8.78 Å². The molecule has 0 amide bonds. The molecule has 0 aromatic heterocycles. The van der Waals surface area contributed by atoms with E-state index in [9.17, 15) is 17.2 Å². The molecule has 0 saturated heterocycles. The molecule has 1 aromatic rings. The van der Waals surface area contributed by atoms with Crippen LogP contribution in [0.3, 0.4) is 0 Å². The molecule has 19 heavy (non-hydrogen) atoms. The van der Waals surface area contributed by atoms with Gasteiger partial charge in [0.2, 0.25) is 10.0 Å². The summed E-state index contributed by atoms with van der Waals surface area (Å²) in [6, 6.07) is 4.63. The number of nitrogens with one attached hydrogen (secondary N) is 1. The molecule has 0 aliphatic rings. The van der Waals surface area contributed by atoms with E-state index in [-0.39, 0.29) is 4.90 Å². The highest BCUT2D eigenvalue weighted by atomic mass is 32.2. The Morgan fingerprint density at radius 1 is 1.37 bits per heavy atom. The summed E-state index contributed by atoms with van der Waals surface area (Å²) in [5.41, 5.74) is 1.78. The Morgan fingerprint density at radius 3 is 2.53 bits per heavy atom. The van der Waals surface area contributed by atoms with Crippen LogP contribution < -0.4 is 5.32 Å². The maximum atomic E-state index is 12.3. The van der Waals surface area contributed by atoms with Gasteiger partial charge in [0.15, 0.2) is 0 Å². The van der Waals surface area contributed by atoms with Crippen molar-refractivity contribution in [3.8, 4) is 0 Å². The van der Waals surface area contributed by atoms with Crippen LogP contribution in [-0.2, 0) is 16.6 Å². The summed E-state index contributed by atoms with van der Waals surface area (Å²) in [4.78, 5) is 0.0338. The Hall–Kier alpha value is -1.05. The van der Waals surface area contributed by atoms with Crippen LogP contribution >= 0.6 is 0 Å². The van der Waals surface area contributed by atoms with Gasteiger partial charge in [-0.3, -0.25) is 0 Å². The van der Waals surface area contributed by atoms with Crippen molar-refractivity contribution in [2.24, 2.45) is 0 Å².